The summed E-state index contributed by atoms with van der Waals surface area (Å²) < 4.78 is 4.91. The van der Waals surface area contributed by atoms with Gasteiger partial charge in [-0.3, -0.25) is 9.59 Å². The Hall–Kier alpha value is -1.84. The van der Waals surface area contributed by atoms with Gasteiger partial charge in [0.1, 0.15) is 0 Å². The number of carbonyl (C=O) groups is 2. The predicted octanol–water partition coefficient (Wildman–Crippen LogP) is 2.12. The van der Waals surface area contributed by atoms with Crippen LogP contribution in [-0.2, 0) is 27.2 Å². The third-order valence-electron chi connectivity index (χ3n) is 2.74. The van der Waals surface area contributed by atoms with Crippen LogP contribution >= 0.6 is 0 Å². The first-order valence-corrected chi connectivity index (χ1v) is 5.99. The summed E-state index contributed by atoms with van der Waals surface area (Å²) >= 11 is 0. The minimum absolute atomic E-state index is 0.0701. The molecule has 4 nitrogen and oxygen atoms in total. The third kappa shape index (κ3) is 4.20. The van der Waals surface area contributed by atoms with Crippen LogP contribution < -0.4 is 0 Å². The number of rotatable bonds is 6. The zero-order valence-electron chi connectivity index (χ0n) is 10.7. The van der Waals surface area contributed by atoms with Crippen LogP contribution in [0.15, 0.2) is 18.2 Å². The Bertz CT molecular complexity index is 437. The maximum absolute atomic E-state index is 11.5. The molecule has 0 heterocycles. The summed E-state index contributed by atoms with van der Waals surface area (Å²) in [5, 5.41) is 8.73. The van der Waals surface area contributed by atoms with Gasteiger partial charge < -0.3 is 9.84 Å². The second kappa shape index (κ2) is 6.79. The minimum atomic E-state index is -0.833. The summed E-state index contributed by atoms with van der Waals surface area (Å²) in [6.07, 6.45) is 0.710. The molecule has 0 bridgehead atoms. The fourth-order valence-corrected chi connectivity index (χ4v) is 1.89. The van der Waals surface area contributed by atoms with Crippen molar-refractivity contribution >= 4 is 11.9 Å². The molecule has 4 heteroatoms. The molecule has 1 aromatic carbocycles. The monoisotopic (exact) mass is 250 g/mol. The van der Waals surface area contributed by atoms with E-state index in [1.54, 1.807) is 6.92 Å². The van der Waals surface area contributed by atoms with Crippen LogP contribution in [0.25, 0.3) is 0 Å². The summed E-state index contributed by atoms with van der Waals surface area (Å²) in [4.78, 5) is 22.1. The van der Waals surface area contributed by atoms with Crippen LogP contribution in [-0.4, -0.2) is 23.7 Å². The fourth-order valence-electron chi connectivity index (χ4n) is 1.89. The first-order chi connectivity index (χ1) is 8.54. The minimum Gasteiger partial charge on any atom is -0.481 e. The van der Waals surface area contributed by atoms with E-state index in [0.717, 1.165) is 16.7 Å². The Balaban J connectivity index is 2.85. The molecule has 0 fully saturated rings. The average Bonchev–Trinajstić information content (AvgIpc) is 2.28. The molecule has 0 spiro atoms. The number of carboxylic acids is 1. The van der Waals surface area contributed by atoms with Crippen molar-refractivity contribution in [3.8, 4) is 0 Å². The summed E-state index contributed by atoms with van der Waals surface area (Å²) in [6, 6.07) is 5.64. The van der Waals surface area contributed by atoms with Gasteiger partial charge in [0.25, 0.3) is 0 Å². The molecule has 0 aliphatic carbocycles. The highest BCUT2D eigenvalue weighted by molar-refractivity contribution is 5.73. The lowest BCUT2D eigenvalue weighted by Gasteiger charge is -2.11. The molecule has 0 aliphatic heterocycles. The molecular formula is C14H18O4. The number of ether oxygens (including phenoxy) is 1. The Morgan fingerprint density at radius 3 is 2.67 bits per heavy atom. The fraction of sp³-hybridized carbons (Fsp3) is 0.429. The van der Waals surface area contributed by atoms with Crippen molar-refractivity contribution in [3.63, 3.8) is 0 Å². The van der Waals surface area contributed by atoms with Gasteiger partial charge in [0.05, 0.1) is 13.0 Å². The third-order valence-corrected chi connectivity index (χ3v) is 2.74. The summed E-state index contributed by atoms with van der Waals surface area (Å²) in [5.41, 5.74) is 2.81. The molecule has 0 unspecified atom stereocenters. The van der Waals surface area contributed by atoms with Crippen LogP contribution in [0.5, 0.6) is 0 Å². The summed E-state index contributed by atoms with van der Waals surface area (Å²) in [6.45, 7) is 4.04. The standard InChI is InChI=1S/C14H18O4/c1-3-18-14(17)9-11-6-4-5-10(2)12(11)7-8-13(15)16/h4-6H,3,7-9H2,1-2H3,(H,15,16). The lowest BCUT2D eigenvalue weighted by molar-refractivity contribution is -0.142. The highest BCUT2D eigenvalue weighted by atomic mass is 16.5. The van der Waals surface area contributed by atoms with Crippen LogP contribution in [0.3, 0.4) is 0 Å². The van der Waals surface area contributed by atoms with E-state index in [1.807, 2.05) is 25.1 Å². The molecule has 18 heavy (non-hydrogen) atoms. The zero-order valence-corrected chi connectivity index (χ0v) is 10.7. The van der Waals surface area contributed by atoms with Gasteiger partial charge in [-0.15, -0.1) is 0 Å². The van der Waals surface area contributed by atoms with Gasteiger partial charge in [-0.1, -0.05) is 18.2 Å². The van der Waals surface area contributed by atoms with Crippen molar-refractivity contribution < 1.29 is 19.4 Å². The number of hydrogen-bond donors (Lipinski definition) is 1. The zero-order chi connectivity index (χ0) is 13.5. The van der Waals surface area contributed by atoms with Crippen LogP contribution in [0.2, 0.25) is 0 Å². The molecular weight excluding hydrogens is 232 g/mol. The number of carboxylic acid groups (broad SMARTS) is 1. The highest BCUT2D eigenvalue weighted by Crippen LogP contribution is 2.17. The molecule has 0 saturated heterocycles. The number of esters is 1. The molecule has 0 atom stereocenters. The van der Waals surface area contributed by atoms with Crippen molar-refractivity contribution in [2.24, 2.45) is 0 Å². The molecule has 0 aliphatic rings. The van der Waals surface area contributed by atoms with E-state index in [4.69, 9.17) is 9.84 Å². The van der Waals surface area contributed by atoms with E-state index < -0.39 is 5.97 Å². The van der Waals surface area contributed by atoms with E-state index in [-0.39, 0.29) is 18.8 Å². The summed E-state index contributed by atoms with van der Waals surface area (Å²) in [7, 11) is 0. The SMILES string of the molecule is CCOC(=O)Cc1cccc(C)c1CCC(=O)O. The van der Waals surface area contributed by atoms with Gasteiger partial charge in [0.2, 0.25) is 0 Å². The van der Waals surface area contributed by atoms with Gasteiger partial charge in [0, 0.05) is 6.42 Å². The van der Waals surface area contributed by atoms with Crippen molar-refractivity contribution in [3.05, 3.63) is 34.9 Å². The number of benzene rings is 1. The second-order valence-electron chi connectivity index (χ2n) is 4.09. The van der Waals surface area contributed by atoms with Crippen molar-refractivity contribution in [1.29, 1.82) is 0 Å². The van der Waals surface area contributed by atoms with Crippen molar-refractivity contribution in [1.82, 2.24) is 0 Å². The molecule has 1 N–H and O–H groups in total. The van der Waals surface area contributed by atoms with E-state index in [0.29, 0.717) is 13.0 Å². The quantitative estimate of drug-likeness (QED) is 0.785. The van der Waals surface area contributed by atoms with E-state index in [9.17, 15) is 9.59 Å². The molecule has 1 aromatic rings. The Morgan fingerprint density at radius 2 is 2.06 bits per heavy atom. The number of aliphatic carboxylic acids is 1. The van der Waals surface area contributed by atoms with Crippen molar-refractivity contribution in [2.45, 2.75) is 33.1 Å². The molecule has 0 aromatic heterocycles. The topological polar surface area (TPSA) is 63.6 Å². The Labute approximate surface area is 107 Å². The Kier molecular flexibility index (Phi) is 5.36. The van der Waals surface area contributed by atoms with Crippen LogP contribution in [0, 0.1) is 6.92 Å². The van der Waals surface area contributed by atoms with Gasteiger partial charge in [0.15, 0.2) is 0 Å². The molecule has 1 rings (SSSR count). The van der Waals surface area contributed by atoms with Crippen LogP contribution in [0.1, 0.15) is 30.0 Å². The first kappa shape index (κ1) is 14.2. The maximum Gasteiger partial charge on any atom is 0.310 e. The molecule has 0 radical (unpaired) electrons. The van der Waals surface area contributed by atoms with Gasteiger partial charge in [-0.2, -0.15) is 0 Å². The second-order valence-corrected chi connectivity index (χ2v) is 4.09. The average molecular weight is 250 g/mol. The predicted molar refractivity (Wildman–Crippen MR) is 67.5 cm³/mol. The highest BCUT2D eigenvalue weighted by Gasteiger charge is 2.11. The number of aryl methyl sites for hydroxylation is 1. The molecule has 0 amide bonds. The Morgan fingerprint density at radius 1 is 1.33 bits per heavy atom. The van der Waals surface area contributed by atoms with E-state index in [2.05, 4.69) is 0 Å². The van der Waals surface area contributed by atoms with Gasteiger partial charge in [-0.25, -0.2) is 0 Å². The largest absolute Gasteiger partial charge is 0.481 e. The maximum atomic E-state index is 11.5. The van der Waals surface area contributed by atoms with Crippen molar-refractivity contribution in [2.75, 3.05) is 6.61 Å². The summed E-state index contributed by atoms with van der Waals surface area (Å²) in [5.74, 6) is -1.11. The first-order valence-electron chi connectivity index (χ1n) is 5.99. The number of hydrogen-bond acceptors (Lipinski definition) is 3. The number of carbonyl (C=O) groups excluding carboxylic acids is 1. The molecule has 0 saturated carbocycles. The van der Waals surface area contributed by atoms with Gasteiger partial charge >= 0.3 is 11.9 Å². The lowest BCUT2D eigenvalue weighted by atomic mass is 9.96. The van der Waals surface area contributed by atoms with Gasteiger partial charge in [-0.05, 0) is 37.0 Å². The van der Waals surface area contributed by atoms with E-state index >= 15 is 0 Å². The normalized spacial score (nSPS) is 10.1. The van der Waals surface area contributed by atoms with Crippen LogP contribution in [0.4, 0.5) is 0 Å². The smallest absolute Gasteiger partial charge is 0.310 e. The van der Waals surface area contributed by atoms with E-state index in [1.165, 1.54) is 0 Å². The lowest BCUT2D eigenvalue weighted by Crippen LogP contribution is -2.10. The molecule has 98 valence electrons.